The molecule has 1 aromatic carbocycles. The first kappa shape index (κ1) is 23.4. The normalized spacial score (nSPS) is 13.1. The third kappa shape index (κ3) is 5.41. The third-order valence-electron chi connectivity index (χ3n) is 5.81. The van der Waals surface area contributed by atoms with Crippen molar-refractivity contribution in [3.05, 3.63) is 48.7 Å². The quantitative estimate of drug-likeness (QED) is 0.399. The van der Waals surface area contributed by atoms with Gasteiger partial charge in [-0.2, -0.15) is 0 Å². The van der Waals surface area contributed by atoms with Gasteiger partial charge in [0, 0.05) is 31.1 Å². The Morgan fingerprint density at radius 2 is 1.97 bits per heavy atom. The van der Waals surface area contributed by atoms with E-state index in [9.17, 15) is 4.79 Å². The molecule has 3 aromatic heterocycles. The van der Waals surface area contributed by atoms with Crippen molar-refractivity contribution >= 4 is 33.8 Å². The molecule has 1 fully saturated rings. The Morgan fingerprint density at radius 3 is 2.76 bits per heavy atom. The molecule has 0 atom stereocenters. The summed E-state index contributed by atoms with van der Waals surface area (Å²) in [5.74, 6) is 1.52. The second-order valence-corrected chi connectivity index (χ2v) is 8.18. The largest absolute Gasteiger partial charge is 0.496 e. The van der Waals surface area contributed by atoms with Gasteiger partial charge in [0.1, 0.15) is 23.3 Å². The van der Waals surface area contributed by atoms with Crippen molar-refractivity contribution in [1.82, 2.24) is 30.2 Å². The molecule has 34 heavy (non-hydrogen) atoms. The predicted molar refractivity (Wildman–Crippen MR) is 133 cm³/mol. The van der Waals surface area contributed by atoms with E-state index in [1.54, 1.807) is 25.8 Å². The van der Waals surface area contributed by atoms with Gasteiger partial charge in [-0.3, -0.25) is 4.79 Å². The Morgan fingerprint density at radius 1 is 1.15 bits per heavy atom. The number of fused-ring (bicyclic) bond motifs is 2. The number of nitrogens with one attached hydrogen (secondary N) is 2. The maximum absolute atomic E-state index is 12.1. The minimum Gasteiger partial charge on any atom is -0.496 e. The Hall–Kier alpha value is -3.75. The fraction of sp³-hybridized carbons (Fsp3) is 0.400. The van der Waals surface area contributed by atoms with Gasteiger partial charge in [-0.15, -0.1) is 0 Å². The van der Waals surface area contributed by atoms with E-state index in [4.69, 9.17) is 4.74 Å². The first-order chi connectivity index (χ1) is 16.7. The molecule has 0 bridgehead atoms. The summed E-state index contributed by atoms with van der Waals surface area (Å²) < 4.78 is 5.34. The van der Waals surface area contributed by atoms with E-state index in [1.807, 2.05) is 24.3 Å². The number of carbonyl (C=O) groups excluding carboxylic acids is 1. The number of hydrogen-bond acceptors (Lipinski definition) is 7. The van der Waals surface area contributed by atoms with E-state index >= 15 is 0 Å². The zero-order valence-corrected chi connectivity index (χ0v) is 19.8. The summed E-state index contributed by atoms with van der Waals surface area (Å²) in [4.78, 5) is 34.4. The third-order valence-corrected chi connectivity index (χ3v) is 5.81. The van der Waals surface area contributed by atoms with Crippen LogP contribution >= 0.6 is 0 Å². The SMILES string of the molecule is CCCCCNC(=O)c1cc(OC)c2ccccc2n1.c1nc(N2CCCC2)c2[nH]cnc2n1. The van der Waals surface area contributed by atoms with Crippen LogP contribution in [0.25, 0.3) is 22.1 Å². The van der Waals surface area contributed by atoms with Crippen LogP contribution in [0.5, 0.6) is 5.75 Å². The van der Waals surface area contributed by atoms with E-state index < -0.39 is 0 Å². The lowest BCUT2D eigenvalue weighted by atomic mass is 10.1. The fourth-order valence-electron chi connectivity index (χ4n) is 4.02. The van der Waals surface area contributed by atoms with Crippen molar-refractivity contribution in [3.8, 4) is 5.75 Å². The number of unbranched alkanes of at least 4 members (excludes halogenated alkanes) is 2. The molecule has 1 aliphatic rings. The van der Waals surface area contributed by atoms with Gasteiger partial charge in [0.15, 0.2) is 11.5 Å². The number of nitrogens with zero attached hydrogens (tertiary/aromatic N) is 5. The number of methoxy groups -OCH3 is 1. The molecule has 0 unspecified atom stereocenters. The van der Waals surface area contributed by atoms with Crippen LogP contribution in [-0.2, 0) is 0 Å². The Bertz CT molecular complexity index is 1230. The van der Waals surface area contributed by atoms with Crippen LogP contribution < -0.4 is 15.0 Å². The van der Waals surface area contributed by atoms with Crippen LogP contribution in [0, 0.1) is 0 Å². The fourth-order valence-corrected chi connectivity index (χ4v) is 4.02. The summed E-state index contributed by atoms with van der Waals surface area (Å²) in [7, 11) is 1.60. The highest BCUT2D eigenvalue weighted by molar-refractivity contribution is 5.97. The Labute approximate surface area is 199 Å². The first-order valence-electron chi connectivity index (χ1n) is 11.8. The molecule has 1 amide bonds. The summed E-state index contributed by atoms with van der Waals surface area (Å²) in [6.45, 7) is 5.00. The molecule has 0 saturated carbocycles. The van der Waals surface area contributed by atoms with Gasteiger partial charge in [-0.1, -0.05) is 31.9 Å². The van der Waals surface area contributed by atoms with Gasteiger partial charge in [-0.25, -0.2) is 19.9 Å². The number of hydrogen-bond donors (Lipinski definition) is 2. The molecule has 2 N–H and O–H groups in total. The van der Waals surface area contributed by atoms with Gasteiger partial charge in [0.05, 0.1) is 19.0 Å². The number of carbonyl (C=O) groups is 1. The van der Waals surface area contributed by atoms with E-state index in [-0.39, 0.29) is 5.91 Å². The minimum absolute atomic E-state index is 0.148. The summed E-state index contributed by atoms with van der Waals surface area (Å²) in [5, 5.41) is 3.81. The number of benzene rings is 1. The molecule has 9 nitrogen and oxygen atoms in total. The van der Waals surface area contributed by atoms with Crippen molar-refractivity contribution in [3.63, 3.8) is 0 Å². The topological polar surface area (TPSA) is 109 Å². The summed E-state index contributed by atoms with van der Waals surface area (Å²) in [5.41, 5.74) is 2.87. The summed E-state index contributed by atoms with van der Waals surface area (Å²) in [6.07, 6.45) is 8.99. The highest BCUT2D eigenvalue weighted by atomic mass is 16.5. The van der Waals surface area contributed by atoms with Crippen LogP contribution in [0.3, 0.4) is 0 Å². The van der Waals surface area contributed by atoms with Crippen LogP contribution in [0.15, 0.2) is 43.0 Å². The lowest BCUT2D eigenvalue weighted by Gasteiger charge is -2.15. The monoisotopic (exact) mass is 461 g/mol. The standard InChI is InChI=1S/C16H20N2O2.C9H11N5/c1-3-4-7-10-17-16(19)14-11-15(20-2)12-8-5-6-9-13(12)18-14;1-2-4-14(3-1)9-7-8(11-5-10-7)12-6-13-9/h5-6,8-9,11H,3-4,7,10H2,1-2H3,(H,17,19);5-6H,1-4H2,(H,10,11,12,13). The highest BCUT2D eigenvalue weighted by Crippen LogP contribution is 2.25. The summed E-state index contributed by atoms with van der Waals surface area (Å²) >= 11 is 0. The minimum atomic E-state index is -0.148. The summed E-state index contributed by atoms with van der Waals surface area (Å²) in [6, 6.07) is 9.34. The number of para-hydroxylation sites is 1. The Kier molecular flexibility index (Phi) is 7.85. The van der Waals surface area contributed by atoms with Gasteiger partial charge in [0.25, 0.3) is 5.91 Å². The molecule has 0 aliphatic carbocycles. The molecule has 1 saturated heterocycles. The molecule has 4 aromatic rings. The number of aromatic amines is 1. The second kappa shape index (κ2) is 11.4. The smallest absolute Gasteiger partial charge is 0.270 e. The molecular formula is C25H31N7O2. The van der Waals surface area contributed by atoms with E-state index in [0.29, 0.717) is 18.0 Å². The average Bonchev–Trinajstić information content (AvgIpc) is 3.58. The molecule has 5 rings (SSSR count). The number of amides is 1. The lowest BCUT2D eigenvalue weighted by molar-refractivity contribution is 0.0948. The molecule has 9 heteroatoms. The average molecular weight is 462 g/mol. The zero-order chi connectivity index (χ0) is 23.8. The molecule has 4 heterocycles. The van der Waals surface area contributed by atoms with Crippen LogP contribution in [-0.4, -0.2) is 57.6 Å². The molecule has 178 valence electrons. The van der Waals surface area contributed by atoms with Crippen LogP contribution in [0.2, 0.25) is 0 Å². The van der Waals surface area contributed by atoms with Gasteiger partial charge in [0.2, 0.25) is 0 Å². The van der Waals surface area contributed by atoms with E-state index in [2.05, 4.69) is 42.1 Å². The predicted octanol–water partition coefficient (Wildman–Crippen LogP) is 4.12. The van der Waals surface area contributed by atoms with E-state index in [1.165, 1.54) is 12.8 Å². The number of ether oxygens (including phenoxy) is 1. The molecule has 0 radical (unpaired) electrons. The number of aromatic nitrogens is 5. The lowest BCUT2D eigenvalue weighted by Crippen LogP contribution is -2.25. The van der Waals surface area contributed by atoms with Gasteiger partial charge in [-0.05, 0) is 31.4 Å². The second-order valence-electron chi connectivity index (χ2n) is 8.18. The number of pyridine rings is 1. The van der Waals surface area contributed by atoms with Crippen molar-refractivity contribution in [2.24, 2.45) is 0 Å². The van der Waals surface area contributed by atoms with E-state index in [0.717, 1.165) is 60.2 Å². The van der Waals surface area contributed by atoms with Gasteiger partial charge >= 0.3 is 0 Å². The number of H-pyrrole nitrogens is 1. The number of rotatable bonds is 7. The first-order valence-corrected chi connectivity index (χ1v) is 11.8. The maximum atomic E-state index is 12.1. The number of anilines is 1. The Balaban J connectivity index is 0.000000170. The maximum Gasteiger partial charge on any atom is 0.270 e. The van der Waals surface area contributed by atoms with Crippen molar-refractivity contribution in [2.45, 2.75) is 39.0 Å². The van der Waals surface area contributed by atoms with Crippen molar-refractivity contribution in [1.29, 1.82) is 0 Å². The molecule has 0 spiro atoms. The number of imidazole rings is 1. The van der Waals surface area contributed by atoms with Gasteiger partial charge < -0.3 is 19.9 Å². The highest BCUT2D eigenvalue weighted by Gasteiger charge is 2.17. The van der Waals surface area contributed by atoms with Crippen molar-refractivity contribution in [2.75, 3.05) is 31.6 Å². The van der Waals surface area contributed by atoms with Crippen LogP contribution in [0.1, 0.15) is 49.5 Å². The molecular weight excluding hydrogens is 430 g/mol. The molecule has 1 aliphatic heterocycles. The van der Waals surface area contributed by atoms with Crippen molar-refractivity contribution < 1.29 is 9.53 Å². The van der Waals surface area contributed by atoms with Crippen LogP contribution in [0.4, 0.5) is 5.82 Å². The zero-order valence-electron chi connectivity index (χ0n) is 19.8.